The number of benzene rings is 1. The van der Waals surface area contributed by atoms with Gasteiger partial charge < -0.3 is 4.90 Å². The first-order valence-electron chi connectivity index (χ1n) is 7.81. The minimum atomic E-state index is -0.620. The number of amidine groups is 1. The highest BCUT2D eigenvalue weighted by atomic mass is 31.0. The summed E-state index contributed by atoms with van der Waals surface area (Å²) >= 11 is 0. The summed E-state index contributed by atoms with van der Waals surface area (Å²) in [6.45, 7) is 3.33. The molecule has 0 bridgehead atoms. The second-order valence-electron chi connectivity index (χ2n) is 6.41. The number of carbonyl (C=O) groups is 1. The quantitative estimate of drug-likeness (QED) is 0.850. The lowest BCUT2D eigenvalue weighted by Crippen LogP contribution is -2.57. The van der Waals surface area contributed by atoms with E-state index in [0.717, 1.165) is 18.5 Å². The second kappa shape index (κ2) is 5.91. The molecule has 1 N–H and O–H groups in total. The molecule has 23 heavy (non-hydrogen) atoms. The number of nitrogens with zero attached hydrogens (tertiary/aromatic N) is 2. The highest BCUT2D eigenvalue weighted by molar-refractivity contribution is 7.21. The number of rotatable bonds is 2. The molecule has 118 valence electrons. The average molecular weight is 325 g/mol. The average Bonchev–Trinajstić information content (AvgIpc) is 2.56. The molecule has 1 fully saturated rings. The number of likely N-dealkylation sites (tertiary alicyclic amines) is 1. The third kappa shape index (κ3) is 2.60. The zero-order chi connectivity index (χ0) is 16.6. The predicted molar refractivity (Wildman–Crippen MR) is 93.0 cm³/mol. The van der Waals surface area contributed by atoms with Crippen molar-refractivity contribution in [1.29, 1.82) is 10.7 Å². The first kappa shape index (κ1) is 15.9. The maximum absolute atomic E-state index is 12.2. The van der Waals surface area contributed by atoms with Crippen molar-refractivity contribution >= 4 is 20.9 Å². The fourth-order valence-corrected chi connectivity index (χ4v) is 4.53. The number of allylic oxidation sites excluding steroid dienone is 1. The van der Waals surface area contributed by atoms with Crippen LogP contribution in [0.2, 0.25) is 0 Å². The molecule has 5 heteroatoms. The molecule has 0 aromatic heterocycles. The zero-order valence-electron chi connectivity index (χ0n) is 13.1. The van der Waals surface area contributed by atoms with Gasteiger partial charge in [-0.1, -0.05) is 37.3 Å². The van der Waals surface area contributed by atoms with Gasteiger partial charge in [0.25, 0.3) is 0 Å². The SMILES string of the molecule is C[C@H]1C(=O)C(C#N)=C[C@@]2(P)C(=N)N(Cc3ccccc3)CC[C@H]12. The fourth-order valence-electron chi connectivity index (χ4n) is 3.72. The molecule has 1 unspecified atom stereocenters. The van der Waals surface area contributed by atoms with Crippen molar-refractivity contribution in [3.05, 3.63) is 47.5 Å². The normalized spacial score (nSPS) is 30.5. The zero-order valence-corrected chi connectivity index (χ0v) is 14.3. The summed E-state index contributed by atoms with van der Waals surface area (Å²) in [5.74, 6) is 0.248. The van der Waals surface area contributed by atoms with E-state index in [4.69, 9.17) is 5.41 Å². The smallest absolute Gasteiger partial charge is 0.176 e. The van der Waals surface area contributed by atoms with Gasteiger partial charge in [-0.25, -0.2) is 0 Å². The van der Waals surface area contributed by atoms with Gasteiger partial charge in [-0.3, -0.25) is 10.2 Å². The number of nitrogens with one attached hydrogen (secondary N) is 1. The van der Waals surface area contributed by atoms with Crippen LogP contribution < -0.4 is 0 Å². The summed E-state index contributed by atoms with van der Waals surface area (Å²) in [4.78, 5) is 14.3. The third-order valence-corrected chi connectivity index (χ3v) is 5.92. The number of hydrogen-bond acceptors (Lipinski definition) is 3. The van der Waals surface area contributed by atoms with E-state index in [1.807, 2.05) is 36.1 Å². The van der Waals surface area contributed by atoms with Crippen LogP contribution in [0.25, 0.3) is 0 Å². The van der Waals surface area contributed by atoms with Crippen LogP contribution in [0.3, 0.4) is 0 Å². The Hall–Kier alpha value is -1.98. The Morgan fingerprint density at radius 3 is 2.78 bits per heavy atom. The number of piperidine rings is 1. The molecule has 1 aliphatic carbocycles. The van der Waals surface area contributed by atoms with Gasteiger partial charge >= 0.3 is 0 Å². The van der Waals surface area contributed by atoms with E-state index in [1.54, 1.807) is 6.08 Å². The van der Waals surface area contributed by atoms with Crippen LogP contribution in [-0.2, 0) is 11.3 Å². The van der Waals surface area contributed by atoms with Crippen molar-refractivity contribution in [3.63, 3.8) is 0 Å². The van der Waals surface area contributed by atoms with E-state index >= 15 is 0 Å². The van der Waals surface area contributed by atoms with Gasteiger partial charge in [-0.15, -0.1) is 9.24 Å². The Kier molecular flexibility index (Phi) is 4.08. The summed E-state index contributed by atoms with van der Waals surface area (Å²) in [6, 6.07) is 12.1. The molecule has 1 aromatic carbocycles. The van der Waals surface area contributed by atoms with Crippen molar-refractivity contribution in [2.24, 2.45) is 11.8 Å². The summed E-state index contributed by atoms with van der Waals surface area (Å²) < 4.78 is 0. The van der Waals surface area contributed by atoms with Crippen LogP contribution in [0.5, 0.6) is 0 Å². The Balaban J connectivity index is 1.92. The van der Waals surface area contributed by atoms with Crippen molar-refractivity contribution in [2.75, 3.05) is 6.54 Å². The molecule has 0 saturated carbocycles. The van der Waals surface area contributed by atoms with E-state index in [1.165, 1.54) is 0 Å². The van der Waals surface area contributed by atoms with Crippen LogP contribution in [0.4, 0.5) is 0 Å². The van der Waals surface area contributed by atoms with Gasteiger partial charge in [-0.2, -0.15) is 5.26 Å². The van der Waals surface area contributed by atoms with Crippen LogP contribution in [0.1, 0.15) is 18.9 Å². The highest BCUT2D eigenvalue weighted by Gasteiger charge is 2.50. The predicted octanol–water partition coefficient (Wildman–Crippen LogP) is 2.77. The number of carbonyl (C=O) groups excluding carboxylic acids is 1. The largest absolute Gasteiger partial charge is 0.355 e. The number of ketones is 1. The summed E-state index contributed by atoms with van der Waals surface area (Å²) in [5, 5.41) is 17.3. The Labute approximate surface area is 138 Å². The number of nitriles is 1. The lowest BCUT2D eigenvalue weighted by molar-refractivity contribution is -0.120. The van der Waals surface area contributed by atoms with Gasteiger partial charge in [0, 0.05) is 19.0 Å². The lowest BCUT2D eigenvalue weighted by atomic mass is 9.68. The van der Waals surface area contributed by atoms with E-state index in [-0.39, 0.29) is 23.2 Å². The Morgan fingerprint density at radius 2 is 2.13 bits per heavy atom. The molecule has 1 aromatic rings. The minimum Gasteiger partial charge on any atom is -0.355 e. The Bertz CT molecular complexity index is 722. The Morgan fingerprint density at radius 1 is 1.43 bits per heavy atom. The van der Waals surface area contributed by atoms with E-state index in [9.17, 15) is 10.1 Å². The standard InChI is InChI=1S/C18H20N3OP/c1-12-15-7-8-21(11-13-5-3-2-4-6-13)17(20)18(15,23)9-14(10-19)16(12)22/h2-6,9,12,15,20H,7-8,11,23H2,1H3/t12-,15-,18+/m1/s1. The molecule has 0 radical (unpaired) electrons. The van der Waals surface area contributed by atoms with E-state index in [0.29, 0.717) is 12.4 Å². The van der Waals surface area contributed by atoms with Gasteiger partial charge in [-0.05, 0) is 24.0 Å². The molecule has 4 atom stereocenters. The van der Waals surface area contributed by atoms with Crippen LogP contribution in [0.15, 0.2) is 42.0 Å². The third-order valence-electron chi connectivity index (χ3n) is 5.05. The van der Waals surface area contributed by atoms with Gasteiger partial charge in [0.2, 0.25) is 0 Å². The van der Waals surface area contributed by atoms with E-state index < -0.39 is 5.16 Å². The maximum Gasteiger partial charge on any atom is 0.176 e. The van der Waals surface area contributed by atoms with Crippen molar-refractivity contribution in [3.8, 4) is 6.07 Å². The maximum atomic E-state index is 12.2. The topological polar surface area (TPSA) is 68.0 Å². The lowest BCUT2D eigenvalue weighted by Gasteiger charge is -2.49. The number of hydrogen-bond donors (Lipinski definition) is 1. The molecular formula is C18H20N3OP. The van der Waals surface area contributed by atoms with Crippen molar-refractivity contribution < 1.29 is 4.79 Å². The highest BCUT2D eigenvalue weighted by Crippen LogP contribution is 2.46. The fraction of sp³-hybridized carbons (Fsp3) is 0.389. The van der Waals surface area contributed by atoms with Crippen LogP contribution in [-0.4, -0.2) is 28.2 Å². The number of Topliss-reactive ketones (excluding diaryl/α,β-unsaturated/α-hetero) is 1. The van der Waals surface area contributed by atoms with E-state index in [2.05, 4.69) is 21.4 Å². The summed E-state index contributed by atoms with van der Waals surface area (Å²) in [6.07, 6.45) is 2.55. The number of fused-ring (bicyclic) bond motifs is 1. The van der Waals surface area contributed by atoms with Crippen molar-refractivity contribution in [2.45, 2.75) is 25.0 Å². The molecule has 3 rings (SSSR count). The molecule has 4 nitrogen and oxygen atoms in total. The molecule has 1 heterocycles. The second-order valence-corrected chi connectivity index (χ2v) is 7.36. The van der Waals surface area contributed by atoms with Gasteiger partial charge in [0.1, 0.15) is 11.9 Å². The van der Waals surface area contributed by atoms with Crippen LogP contribution in [0, 0.1) is 28.6 Å². The van der Waals surface area contributed by atoms with Gasteiger partial charge in [0.05, 0.1) is 10.7 Å². The summed E-state index contributed by atoms with van der Waals surface area (Å²) in [5.41, 5.74) is 1.35. The monoisotopic (exact) mass is 325 g/mol. The first-order valence-corrected chi connectivity index (χ1v) is 8.39. The first-order chi connectivity index (χ1) is 11.0. The molecule has 1 aliphatic heterocycles. The molecule has 2 aliphatic rings. The van der Waals surface area contributed by atoms with Crippen molar-refractivity contribution in [1.82, 2.24) is 4.90 Å². The summed E-state index contributed by atoms with van der Waals surface area (Å²) in [7, 11) is 2.75. The minimum absolute atomic E-state index is 0.0663. The van der Waals surface area contributed by atoms with Gasteiger partial charge in [0.15, 0.2) is 5.78 Å². The molecule has 1 saturated heterocycles. The molecule has 0 amide bonds. The molecular weight excluding hydrogens is 305 g/mol. The van der Waals surface area contributed by atoms with Crippen LogP contribution >= 0.6 is 9.24 Å². The molecule has 0 spiro atoms.